The van der Waals surface area contributed by atoms with Gasteiger partial charge in [0.05, 0.1) is 5.41 Å². The third-order valence-corrected chi connectivity index (χ3v) is 10.8. The van der Waals surface area contributed by atoms with Gasteiger partial charge in [0.25, 0.3) is 0 Å². The molecule has 1 saturated heterocycles. The molecule has 5 heteroatoms. The van der Waals surface area contributed by atoms with Crippen molar-refractivity contribution in [1.29, 1.82) is 0 Å². The number of amides is 1. The summed E-state index contributed by atoms with van der Waals surface area (Å²) in [5.41, 5.74) is -0.671. The topological polar surface area (TPSA) is 57.6 Å². The molecule has 1 fully saturated rings. The first kappa shape index (κ1) is 17.2. The molecule has 0 aromatic heterocycles. The summed E-state index contributed by atoms with van der Waals surface area (Å²) in [6.45, 7) is 14.5. The van der Waals surface area contributed by atoms with Crippen molar-refractivity contribution in [1.82, 2.24) is 4.57 Å². The van der Waals surface area contributed by atoms with Gasteiger partial charge in [-0.2, -0.15) is 0 Å². The molecule has 4 nitrogen and oxygen atoms in total. The highest BCUT2D eigenvalue weighted by Gasteiger charge is 2.67. The molecule has 20 heavy (non-hydrogen) atoms. The molecule has 1 aliphatic rings. The van der Waals surface area contributed by atoms with Crippen LogP contribution in [0.5, 0.6) is 0 Å². The largest absolute Gasteiger partial charge is 0.480 e. The number of carbonyl (C=O) groups is 2. The first-order valence-electron chi connectivity index (χ1n) is 7.54. The van der Waals surface area contributed by atoms with Crippen LogP contribution in [0.3, 0.4) is 0 Å². The summed E-state index contributed by atoms with van der Waals surface area (Å²) in [5.74, 6) is -0.773. The molecule has 0 bridgehead atoms. The van der Waals surface area contributed by atoms with Gasteiger partial charge in [0.1, 0.15) is 6.04 Å². The Kier molecular flexibility index (Phi) is 4.45. The second-order valence-electron chi connectivity index (χ2n) is 7.48. The fourth-order valence-electron chi connectivity index (χ4n) is 3.15. The maximum atomic E-state index is 12.8. The van der Waals surface area contributed by atoms with Crippen LogP contribution in [0.25, 0.3) is 0 Å². The lowest BCUT2D eigenvalue weighted by Crippen LogP contribution is -2.79. The number of rotatable bonds is 5. The van der Waals surface area contributed by atoms with E-state index in [9.17, 15) is 14.7 Å². The van der Waals surface area contributed by atoms with E-state index in [0.717, 1.165) is 6.42 Å². The zero-order chi connectivity index (χ0) is 15.9. The van der Waals surface area contributed by atoms with Crippen molar-refractivity contribution in [3.05, 3.63) is 0 Å². The van der Waals surface area contributed by atoms with Gasteiger partial charge < -0.3 is 9.67 Å². The maximum absolute atomic E-state index is 12.8. The molecular formula is C15H29NO3Si. The van der Waals surface area contributed by atoms with Crippen LogP contribution in [0.2, 0.25) is 18.1 Å². The summed E-state index contributed by atoms with van der Waals surface area (Å²) in [4.78, 5) is 24.6. The average molecular weight is 299 g/mol. The van der Waals surface area contributed by atoms with Gasteiger partial charge in [-0.3, -0.25) is 4.79 Å². The molecule has 116 valence electrons. The average Bonchev–Trinajstić information content (AvgIpc) is 2.29. The van der Waals surface area contributed by atoms with E-state index in [4.69, 9.17) is 0 Å². The number of carboxylic acid groups (broad SMARTS) is 1. The van der Waals surface area contributed by atoms with Gasteiger partial charge in [-0.15, -0.1) is 0 Å². The highest BCUT2D eigenvalue weighted by molar-refractivity contribution is 6.80. The molecule has 1 N–H and O–H groups in total. The monoisotopic (exact) mass is 299 g/mol. The Morgan fingerprint density at radius 2 is 1.85 bits per heavy atom. The number of carbonyl (C=O) groups excluding carboxylic acids is 1. The van der Waals surface area contributed by atoms with Crippen LogP contribution < -0.4 is 0 Å². The molecule has 1 amide bonds. The smallest absolute Gasteiger partial charge is 0.326 e. The molecule has 0 unspecified atom stereocenters. The number of β-lactam (4-membered cyclic amide) rings is 1. The van der Waals surface area contributed by atoms with E-state index in [1.165, 1.54) is 0 Å². The van der Waals surface area contributed by atoms with E-state index in [1.54, 1.807) is 4.57 Å². The normalized spacial score (nSPS) is 27.4. The summed E-state index contributed by atoms with van der Waals surface area (Å²) < 4.78 is 1.74. The molecule has 0 saturated carbocycles. The number of hydrogen-bond donors (Lipinski definition) is 1. The van der Waals surface area contributed by atoms with E-state index >= 15 is 0 Å². The van der Waals surface area contributed by atoms with Gasteiger partial charge in [-0.1, -0.05) is 54.1 Å². The summed E-state index contributed by atoms with van der Waals surface area (Å²) in [6, 6.07) is -0.638. The predicted molar refractivity (Wildman–Crippen MR) is 83.1 cm³/mol. The van der Waals surface area contributed by atoms with Crippen LogP contribution in [0.1, 0.15) is 53.9 Å². The van der Waals surface area contributed by atoms with Gasteiger partial charge in [-0.25, -0.2) is 4.79 Å². The molecular weight excluding hydrogens is 270 g/mol. The summed E-state index contributed by atoms with van der Waals surface area (Å²) in [6.07, 6.45) is 2.13. The molecule has 0 aromatic carbocycles. The zero-order valence-electron chi connectivity index (χ0n) is 13.9. The SMILES string of the molecule is CCC[C@@]1(CC)C(=O)N([Si](C)(C)C(C)(C)C)[C@@H]1C(=O)O. The lowest BCUT2D eigenvalue weighted by molar-refractivity contribution is -0.177. The first-order valence-corrected chi connectivity index (χ1v) is 10.5. The van der Waals surface area contributed by atoms with Gasteiger partial charge in [0.2, 0.25) is 5.91 Å². The van der Waals surface area contributed by atoms with Crippen molar-refractivity contribution in [2.24, 2.45) is 5.41 Å². The number of aliphatic carboxylic acids is 1. The number of hydrogen-bond acceptors (Lipinski definition) is 2. The Bertz CT molecular complexity index is 414. The van der Waals surface area contributed by atoms with Crippen LogP contribution in [0.15, 0.2) is 0 Å². The van der Waals surface area contributed by atoms with E-state index in [-0.39, 0.29) is 10.9 Å². The lowest BCUT2D eigenvalue weighted by atomic mass is 9.67. The zero-order valence-corrected chi connectivity index (χ0v) is 14.9. The van der Waals surface area contributed by atoms with Crippen molar-refractivity contribution < 1.29 is 14.7 Å². The molecule has 2 atom stereocenters. The Labute approximate surface area is 123 Å². The van der Waals surface area contributed by atoms with Gasteiger partial charge >= 0.3 is 5.97 Å². The van der Waals surface area contributed by atoms with E-state index in [1.807, 2.05) is 13.8 Å². The van der Waals surface area contributed by atoms with E-state index < -0.39 is 25.7 Å². The van der Waals surface area contributed by atoms with E-state index in [0.29, 0.717) is 12.8 Å². The second kappa shape index (κ2) is 5.17. The molecule has 0 spiro atoms. The minimum atomic E-state index is -2.14. The van der Waals surface area contributed by atoms with Gasteiger partial charge in [0.15, 0.2) is 8.24 Å². The van der Waals surface area contributed by atoms with Crippen molar-refractivity contribution in [3.8, 4) is 0 Å². The van der Waals surface area contributed by atoms with Crippen LogP contribution in [0.4, 0.5) is 0 Å². The third-order valence-electron chi connectivity index (χ3n) is 5.42. The van der Waals surface area contributed by atoms with Gasteiger partial charge in [0, 0.05) is 0 Å². The molecule has 0 aromatic rings. The van der Waals surface area contributed by atoms with Gasteiger partial charge in [-0.05, 0) is 17.9 Å². The maximum Gasteiger partial charge on any atom is 0.326 e. The first-order chi connectivity index (χ1) is 8.97. The molecule has 1 heterocycles. The summed E-state index contributed by atoms with van der Waals surface area (Å²) in [7, 11) is -2.14. The molecule has 0 radical (unpaired) electrons. The summed E-state index contributed by atoms with van der Waals surface area (Å²) >= 11 is 0. The Morgan fingerprint density at radius 1 is 1.35 bits per heavy atom. The highest BCUT2D eigenvalue weighted by atomic mass is 28.3. The Hall–Kier alpha value is -0.843. The predicted octanol–water partition coefficient (Wildman–Crippen LogP) is 3.48. The lowest BCUT2D eigenvalue weighted by Gasteiger charge is -2.62. The van der Waals surface area contributed by atoms with Crippen molar-refractivity contribution in [2.75, 3.05) is 0 Å². The van der Waals surface area contributed by atoms with Crippen LogP contribution in [-0.4, -0.2) is 35.8 Å². The quantitative estimate of drug-likeness (QED) is 0.624. The summed E-state index contributed by atoms with van der Waals surface area (Å²) in [5, 5.41) is 9.63. The third kappa shape index (κ3) is 2.20. The van der Waals surface area contributed by atoms with Crippen LogP contribution >= 0.6 is 0 Å². The molecule has 1 rings (SSSR count). The van der Waals surface area contributed by atoms with Crippen molar-refractivity contribution in [3.63, 3.8) is 0 Å². The van der Waals surface area contributed by atoms with Crippen LogP contribution in [-0.2, 0) is 9.59 Å². The Morgan fingerprint density at radius 3 is 2.15 bits per heavy atom. The minimum absolute atomic E-state index is 0.0392. The fourth-order valence-corrected chi connectivity index (χ4v) is 5.61. The van der Waals surface area contributed by atoms with Crippen molar-refractivity contribution >= 4 is 20.1 Å². The minimum Gasteiger partial charge on any atom is -0.480 e. The molecule has 0 aliphatic carbocycles. The second-order valence-corrected chi connectivity index (χ2v) is 12.6. The van der Waals surface area contributed by atoms with Crippen LogP contribution in [0, 0.1) is 5.41 Å². The van der Waals surface area contributed by atoms with Crippen molar-refractivity contribution in [2.45, 2.75) is 78.1 Å². The highest BCUT2D eigenvalue weighted by Crippen LogP contribution is 2.53. The Balaban J connectivity index is 3.26. The fraction of sp³-hybridized carbons (Fsp3) is 0.867. The van der Waals surface area contributed by atoms with E-state index in [2.05, 4.69) is 33.9 Å². The number of carboxylic acids is 1. The standard InChI is InChI=1S/C15H29NO3Si/c1-8-10-15(9-2)11(12(17)18)16(13(15)19)20(6,7)14(3,4)5/h11H,8-10H2,1-7H3,(H,17,18)/t11-,15-/m1/s1. The molecule has 1 aliphatic heterocycles. The number of nitrogens with zero attached hydrogens (tertiary/aromatic N) is 1.